The highest BCUT2D eigenvalue weighted by molar-refractivity contribution is 5.15. The summed E-state index contributed by atoms with van der Waals surface area (Å²) >= 11 is 0. The van der Waals surface area contributed by atoms with Gasteiger partial charge in [-0.3, -0.25) is 0 Å². The zero-order valence-electron chi connectivity index (χ0n) is 10.5. The van der Waals surface area contributed by atoms with Gasteiger partial charge in [0, 0.05) is 12.1 Å². The highest BCUT2D eigenvalue weighted by Crippen LogP contribution is 2.13. The molecule has 0 aliphatic heterocycles. The third-order valence-electron chi connectivity index (χ3n) is 3.06. The largest absolute Gasteiger partial charge is 0.329 e. The molecule has 0 aromatic heterocycles. The smallest absolute Gasteiger partial charge is 0.0278 e. The molecule has 16 heavy (non-hydrogen) atoms. The van der Waals surface area contributed by atoms with Crippen LogP contribution in [-0.4, -0.2) is 18.6 Å². The monoisotopic (exact) mass is 220 g/mol. The van der Waals surface area contributed by atoms with E-state index in [0.717, 1.165) is 25.8 Å². The lowest BCUT2D eigenvalue weighted by Gasteiger charge is -2.29. The minimum atomic E-state index is 0.0752. The molecule has 1 aromatic carbocycles. The van der Waals surface area contributed by atoms with Gasteiger partial charge >= 0.3 is 0 Å². The van der Waals surface area contributed by atoms with E-state index in [1.807, 2.05) is 0 Å². The Balaban J connectivity index is 2.44. The maximum atomic E-state index is 5.85. The molecule has 0 heterocycles. The molecule has 0 fully saturated rings. The third-order valence-corrected chi connectivity index (χ3v) is 3.06. The van der Waals surface area contributed by atoms with Gasteiger partial charge in [-0.1, -0.05) is 37.3 Å². The fraction of sp³-hybridized carbons (Fsp3) is 0.571. The van der Waals surface area contributed by atoms with Crippen LogP contribution in [0.25, 0.3) is 0 Å². The number of rotatable bonds is 7. The average Bonchev–Trinajstić information content (AvgIpc) is 2.35. The van der Waals surface area contributed by atoms with Crippen LogP contribution in [0.5, 0.6) is 0 Å². The number of benzene rings is 1. The van der Waals surface area contributed by atoms with Gasteiger partial charge in [0.05, 0.1) is 0 Å². The van der Waals surface area contributed by atoms with Crippen LogP contribution in [0.1, 0.15) is 32.3 Å². The minimum Gasteiger partial charge on any atom is -0.329 e. The molecule has 0 spiro atoms. The lowest BCUT2D eigenvalue weighted by Crippen LogP contribution is -2.49. The van der Waals surface area contributed by atoms with Gasteiger partial charge in [0.2, 0.25) is 0 Å². The first kappa shape index (κ1) is 13.2. The molecule has 0 bridgehead atoms. The summed E-state index contributed by atoms with van der Waals surface area (Å²) in [7, 11) is 0. The zero-order valence-corrected chi connectivity index (χ0v) is 10.5. The number of nitrogens with two attached hydrogens (primary N) is 1. The standard InChI is InChI=1S/C14H24N2/c1-3-11-16-14(2,12-15)10-9-13-7-5-4-6-8-13/h4-8,16H,3,9-12,15H2,1-2H3. The molecule has 0 aliphatic rings. The SMILES string of the molecule is CCCNC(C)(CN)CCc1ccccc1. The Morgan fingerprint density at radius 3 is 2.50 bits per heavy atom. The highest BCUT2D eigenvalue weighted by Gasteiger charge is 2.20. The van der Waals surface area contributed by atoms with E-state index < -0.39 is 0 Å². The zero-order chi connectivity index (χ0) is 11.9. The summed E-state index contributed by atoms with van der Waals surface area (Å²) in [5, 5.41) is 3.54. The molecular weight excluding hydrogens is 196 g/mol. The summed E-state index contributed by atoms with van der Waals surface area (Å²) in [5.74, 6) is 0. The van der Waals surface area contributed by atoms with Crippen LogP contribution in [0.2, 0.25) is 0 Å². The van der Waals surface area contributed by atoms with Crippen LogP contribution in [0.4, 0.5) is 0 Å². The van der Waals surface area contributed by atoms with Crippen LogP contribution in [-0.2, 0) is 6.42 Å². The van der Waals surface area contributed by atoms with Crippen molar-refractivity contribution in [2.75, 3.05) is 13.1 Å². The van der Waals surface area contributed by atoms with Gasteiger partial charge in [-0.2, -0.15) is 0 Å². The van der Waals surface area contributed by atoms with E-state index in [1.54, 1.807) is 0 Å². The summed E-state index contributed by atoms with van der Waals surface area (Å²) in [5.41, 5.74) is 7.31. The minimum absolute atomic E-state index is 0.0752. The normalized spacial score (nSPS) is 14.7. The van der Waals surface area contributed by atoms with Crippen molar-refractivity contribution in [1.29, 1.82) is 0 Å². The first-order valence-electron chi connectivity index (χ1n) is 6.19. The quantitative estimate of drug-likeness (QED) is 0.740. The van der Waals surface area contributed by atoms with Crippen molar-refractivity contribution in [2.45, 2.75) is 38.6 Å². The molecule has 1 aromatic rings. The van der Waals surface area contributed by atoms with Crippen molar-refractivity contribution in [1.82, 2.24) is 5.32 Å². The van der Waals surface area contributed by atoms with Gasteiger partial charge < -0.3 is 11.1 Å². The summed E-state index contributed by atoms with van der Waals surface area (Å²) < 4.78 is 0. The molecular formula is C14H24N2. The van der Waals surface area contributed by atoms with E-state index in [9.17, 15) is 0 Å². The molecule has 0 radical (unpaired) electrons. The molecule has 0 amide bonds. The van der Waals surface area contributed by atoms with Gasteiger partial charge in [-0.05, 0) is 38.3 Å². The van der Waals surface area contributed by atoms with Crippen molar-refractivity contribution in [2.24, 2.45) is 5.73 Å². The lowest BCUT2D eigenvalue weighted by molar-refractivity contribution is 0.340. The van der Waals surface area contributed by atoms with Gasteiger partial charge in [0.15, 0.2) is 0 Å². The fourth-order valence-corrected chi connectivity index (χ4v) is 1.75. The Hall–Kier alpha value is -0.860. The second kappa shape index (κ2) is 6.66. The van der Waals surface area contributed by atoms with Gasteiger partial charge in [0.1, 0.15) is 0 Å². The molecule has 3 N–H and O–H groups in total. The van der Waals surface area contributed by atoms with E-state index in [-0.39, 0.29) is 5.54 Å². The van der Waals surface area contributed by atoms with Gasteiger partial charge in [0.25, 0.3) is 0 Å². The van der Waals surface area contributed by atoms with E-state index in [4.69, 9.17) is 5.73 Å². The van der Waals surface area contributed by atoms with Crippen LogP contribution in [0.3, 0.4) is 0 Å². The van der Waals surface area contributed by atoms with Crippen LogP contribution >= 0.6 is 0 Å². The highest BCUT2D eigenvalue weighted by atomic mass is 15.0. The fourth-order valence-electron chi connectivity index (χ4n) is 1.75. The van der Waals surface area contributed by atoms with E-state index in [0.29, 0.717) is 6.54 Å². The first-order chi connectivity index (χ1) is 7.70. The van der Waals surface area contributed by atoms with Crippen molar-refractivity contribution in [3.05, 3.63) is 35.9 Å². The molecule has 1 unspecified atom stereocenters. The Kier molecular flexibility index (Phi) is 5.50. The predicted molar refractivity (Wildman–Crippen MR) is 70.5 cm³/mol. The van der Waals surface area contributed by atoms with Crippen LogP contribution < -0.4 is 11.1 Å². The van der Waals surface area contributed by atoms with Crippen molar-refractivity contribution in [3.63, 3.8) is 0 Å². The maximum Gasteiger partial charge on any atom is 0.0278 e. The molecule has 2 nitrogen and oxygen atoms in total. The average molecular weight is 220 g/mol. The Morgan fingerprint density at radius 2 is 1.94 bits per heavy atom. The molecule has 0 saturated carbocycles. The van der Waals surface area contributed by atoms with E-state index >= 15 is 0 Å². The number of nitrogens with one attached hydrogen (secondary N) is 1. The molecule has 1 atom stereocenters. The van der Waals surface area contributed by atoms with Crippen molar-refractivity contribution < 1.29 is 0 Å². The topological polar surface area (TPSA) is 38.0 Å². The van der Waals surface area contributed by atoms with Gasteiger partial charge in [-0.15, -0.1) is 0 Å². The lowest BCUT2D eigenvalue weighted by atomic mass is 9.93. The summed E-state index contributed by atoms with van der Waals surface area (Å²) in [6, 6.07) is 10.6. The first-order valence-corrected chi connectivity index (χ1v) is 6.19. The summed E-state index contributed by atoms with van der Waals surface area (Å²) in [4.78, 5) is 0. The Morgan fingerprint density at radius 1 is 1.25 bits per heavy atom. The molecule has 0 saturated heterocycles. The molecule has 2 heteroatoms. The number of hydrogen-bond acceptors (Lipinski definition) is 2. The summed E-state index contributed by atoms with van der Waals surface area (Å²) in [6.07, 6.45) is 3.33. The Labute approximate surface area is 99.2 Å². The van der Waals surface area contributed by atoms with E-state index in [1.165, 1.54) is 5.56 Å². The Bertz CT molecular complexity index is 284. The van der Waals surface area contributed by atoms with Gasteiger partial charge in [-0.25, -0.2) is 0 Å². The van der Waals surface area contributed by atoms with E-state index in [2.05, 4.69) is 49.5 Å². The van der Waals surface area contributed by atoms with Crippen LogP contribution in [0, 0.1) is 0 Å². The third kappa shape index (κ3) is 4.33. The van der Waals surface area contributed by atoms with Crippen molar-refractivity contribution in [3.8, 4) is 0 Å². The molecule has 90 valence electrons. The molecule has 0 aliphatic carbocycles. The number of aryl methyl sites for hydroxylation is 1. The van der Waals surface area contributed by atoms with Crippen molar-refractivity contribution >= 4 is 0 Å². The maximum absolute atomic E-state index is 5.85. The second-order valence-corrected chi connectivity index (χ2v) is 4.68. The van der Waals surface area contributed by atoms with Crippen LogP contribution in [0.15, 0.2) is 30.3 Å². The molecule has 1 rings (SSSR count). The predicted octanol–water partition coefficient (Wildman–Crippen LogP) is 2.34. The number of hydrogen-bond donors (Lipinski definition) is 2. The second-order valence-electron chi connectivity index (χ2n) is 4.68. The summed E-state index contributed by atoms with van der Waals surface area (Å²) in [6.45, 7) is 6.13.